The van der Waals surface area contributed by atoms with Crippen LogP contribution in [0.25, 0.3) is 22.6 Å². The first kappa shape index (κ1) is 21.8. The lowest BCUT2D eigenvalue weighted by molar-refractivity contribution is 0.101. The Hall–Kier alpha value is -4.66. The zero-order valence-electron chi connectivity index (χ0n) is 19.8. The highest BCUT2D eigenvalue weighted by molar-refractivity contribution is 5.99. The van der Waals surface area contributed by atoms with Crippen LogP contribution in [0.15, 0.2) is 84.2 Å². The molecule has 1 aliphatic carbocycles. The van der Waals surface area contributed by atoms with E-state index in [1.165, 1.54) is 0 Å². The molecule has 0 saturated heterocycles. The molecule has 0 fully saturated rings. The fourth-order valence-electron chi connectivity index (χ4n) is 4.40. The number of imidazole rings is 1. The number of allylic oxidation sites excluding steroid dienone is 5. The van der Waals surface area contributed by atoms with E-state index in [2.05, 4.69) is 48.8 Å². The van der Waals surface area contributed by atoms with Crippen molar-refractivity contribution in [3.8, 4) is 11.3 Å². The first-order valence-electron chi connectivity index (χ1n) is 11.9. The summed E-state index contributed by atoms with van der Waals surface area (Å²) in [6.45, 7) is 1.57. The minimum Gasteiger partial charge on any atom is -0.341 e. The van der Waals surface area contributed by atoms with Crippen molar-refractivity contribution in [3.63, 3.8) is 0 Å². The number of Topliss-reactive ketones (excluding diaryl/α,β-unsaturated/α-hetero) is 1. The fraction of sp³-hybridized carbons (Fsp3) is 0.185. The summed E-state index contributed by atoms with van der Waals surface area (Å²) in [7, 11) is 0. The predicted octanol–water partition coefficient (Wildman–Crippen LogP) is 4.92. The third-order valence-corrected chi connectivity index (χ3v) is 6.39. The number of hydrogen-bond acceptors (Lipinski definition) is 7. The van der Waals surface area contributed by atoms with E-state index in [1.54, 1.807) is 13.1 Å². The second-order valence-corrected chi connectivity index (χ2v) is 8.77. The lowest BCUT2D eigenvalue weighted by Gasteiger charge is -2.17. The molecule has 0 atom stereocenters. The molecule has 0 amide bonds. The van der Waals surface area contributed by atoms with Gasteiger partial charge in [0.05, 0.1) is 23.8 Å². The number of rotatable bonds is 6. The molecule has 0 bridgehead atoms. The monoisotopic (exact) mass is 476 g/mol. The summed E-state index contributed by atoms with van der Waals surface area (Å²) in [5.41, 5.74) is 7.23. The SMILES string of the molecule is CC(=O)c1ccc(-c2cnc(NC3=CC=C(n4cc(C5=NC=CCC5)nn4)CC3)c3nccn23)cc1. The Morgan fingerprint density at radius 1 is 1.06 bits per heavy atom. The molecule has 0 saturated carbocycles. The minimum absolute atomic E-state index is 0.0465. The number of benzene rings is 1. The Balaban J connectivity index is 1.22. The molecule has 9 nitrogen and oxygen atoms in total. The van der Waals surface area contributed by atoms with Gasteiger partial charge in [-0.1, -0.05) is 35.6 Å². The molecular formula is C27H24N8O. The van der Waals surface area contributed by atoms with E-state index in [0.717, 1.165) is 65.4 Å². The van der Waals surface area contributed by atoms with Gasteiger partial charge in [0.2, 0.25) is 0 Å². The van der Waals surface area contributed by atoms with Crippen LogP contribution in [0.2, 0.25) is 0 Å². The van der Waals surface area contributed by atoms with Crippen LogP contribution in [-0.4, -0.2) is 40.9 Å². The summed E-state index contributed by atoms with van der Waals surface area (Å²) in [6, 6.07) is 7.54. The number of nitrogens with one attached hydrogen (secondary N) is 1. The number of anilines is 1. The molecule has 0 spiro atoms. The molecular weight excluding hydrogens is 452 g/mol. The molecule has 9 heteroatoms. The number of fused-ring (bicyclic) bond motifs is 1. The van der Waals surface area contributed by atoms with Gasteiger partial charge in [-0.05, 0) is 44.8 Å². The number of carbonyl (C=O) groups is 1. The van der Waals surface area contributed by atoms with Crippen molar-refractivity contribution in [1.82, 2.24) is 29.4 Å². The van der Waals surface area contributed by atoms with Crippen LogP contribution in [0.4, 0.5) is 5.82 Å². The average molecular weight is 477 g/mol. The van der Waals surface area contributed by atoms with Crippen molar-refractivity contribution in [3.05, 3.63) is 90.4 Å². The zero-order chi connectivity index (χ0) is 24.5. The Kier molecular flexibility index (Phi) is 5.57. The Bertz CT molecular complexity index is 1580. The van der Waals surface area contributed by atoms with E-state index >= 15 is 0 Å². The lowest BCUT2D eigenvalue weighted by Crippen LogP contribution is -2.09. The number of ketones is 1. The van der Waals surface area contributed by atoms with Crippen LogP contribution >= 0.6 is 0 Å². The van der Waals surface area contributed by atoms with Gasteiger partial charge < -0.3 is 5.32 Å². The highest BCUT2D eigenvalue weighted by Gasteiger charge is 2.16. The van der Waals surface area contributed by atoms with Crippen molar-refractivity contribution in [1.29, 1.82) is 0 Å². The quantitative estimate of drug-likeness (QED) is 0.397. The maximum absolute atomic E-state index is 11.6. The van der Waals surface area contributed by atoms with Crippen molar-refractivity contribution >= 4 is 28.7 Å². The normalized spacial score (nSPS) is 15.4. The molecule has 1 aromatic carbocycles. The van der Waals surface area contributed by atoms with Gasteiger partial charge in [0.1, 0.15) is 5.69 Å². The molecule has 6 rings (SSSR count). The van der Waals surface area contributed by atoms with E-state index in [4.69, 9.17) is 0 Å². The third kappa shape index (κ3) is 4.15. The summed E-state index contributed by atoms with van der Waals surface area (Å²) in [5.74, 6) is 0.740. The molecule has 4 aromatic rings. The summed E-state index contributed by atoms with van der Waals surface area (Å²) >= 11 is 0. The molecule has 2 aliphatic rings. The predicted molar refractivity (Wildman–Crippen MR) is 139 cm³/mol. The fourth-order valence-corrected chi connectivity index (χ4v) is 4.40. The lowest BCUT2D eigenvalue weighted by atomic mass is 10.1. The van der Waals surface area contributed by atoms with Crippen LogP contribution in [-0.2, 0) is 0 Å². The van der Waals surface area contributed by atoms with Gasteiger partial charge in [0, 0.05) is 41.1 Å². The highest BCUT2D eigenvalue weighted by Crippen LogP contribution is 2.27. The van der Waals surface area contributed by atoms with Crippen molar-refractivity contribution in [2.75, 3.05) is 5.32 Å². The van der Waals surface area contributed by atoms with Crippen LogP contribution in [0.1, 0.15) is 48.7 Å². The molecule has 3 aromatic heterocycles. The molecule has 1 N–H and O–H groups in total. The van der Waals surface area contributed by atoms with E-state index in [0.29, 0.717) is 11.4 Å². The molecule has 178 valence electrons. The number of carbonyl (C=O) groups excluding carboxylic acids is 1. The van der Waals surface area contributed by atoms with Gasteiger partial charge in [-0.25, -0.2) is 14.6 Å². The van der Waals surface area contributed by atoms with Gasteiger partial charge >= 0.3 is 0 Å². The van der Waals surface area contributed by atoms with E-state index in [-0.39, 0.29) is 5.78 Å². The Morgan fingerprint density at radius 2 is 1.94 bits per heavy atom. The zero-order valence-corrected chi connectivity index (χ0v) is 19.8. The van der Waals surface area contributed by atoms with Gasteiger partial charge in [-0.3, -0.25) is 14.2 Å². The minimum atomic E-state index is 0.0465. The first-order valence-corrected chi connectivity index (χ1v) is 11.9. The summed E-state index contributed by atoms with van der Waals surface area (Å²) < 4.78 is 3.84. The summed E-state index contributed by atoms with van der Waals surface area (Å²) in [4.78, 5) is 25.2. The Labute approximate surface area is 207 Å². The van der Waals surface area contributed by atoms with Gasteiger partial charge in [0.15, 0.2) is 17.2 Å². The smallest absolute Gasteiger partial charge is 0.180 e. The van der Waals surface area contributed by atoms with Crippen molar-refractivity contribution in [2.45, 2.75) is 32.6 Å². The number of aromatic nitrogens is 6. The molecule has 1 aliphatic heterocycles. The van der Waals surface area contributed by atoms with E-state index < -0.39 is 0 Å². The maximum atomic E-state index is 11.6. The van der Waals surface area contributed by atoms with Crippen molar-refractivity contribution < 1.29 is 4.79 Å². The number of nitrogens with zero attached hydrogens (tertiary/aromatic N) is 7. The van der Waals surface area contributed by atoms with Crippen LogP contribution in [0.5, 0.6) is 0 Å². The molecule has 4 heterocycles. The van der Waals surface area contributed by atoms with Crippen LogP contribution in [0.3, 0.4) is 0 Å². The second kappa shape index (κ2) is 9.18. The number of aliphatic imine (C=N–C) groups is 1. The highest BCUT2D eigenvalue weighted by atomic mass is 16.1. The first-order chi connectivity index (χ1) is 17.7. The standard InChI is InChI=1S/C27H24N8O/c1-18(36)19-5-7-20(8-6-19)25-16-30-26(27-29-14-15-34(25)27)31-21-9-11-22(12-10-21)35-17-24(32-33-35)23-4-2-3-13-28-23/h3,5-9,11,13-17H,2,4,10,12H2,1H3,(H,30,31). The molecule has 0 radical (unpaired) electrons. The molecule has 0 unspecified atom stereocenters. The third-order valence-electron chi connectivity index (χ3n) is 6.39. The average Bonchev–Trinajstić information content (AvgIpc) is 3.61. The number of hydrogen-bond donors (Lipinski definition) is 1. The van der Waals surface area contributed by atoms with E-state index in [9.17, 15) is 4.79 Å². The largest absolute Gasteiger partial charge is 0.341 e. The summed E-state index contributed by atoms with van der Waals surface area (Å²) in [5, 5.41) is 12.1. The maximum Gasteiger partial charge on any atom is 0.180 e. The Morgan fingerprint density at radius 3 is 2.69 bits per heavy atom. The van der Waals surface area contributed by atoms with Gasteiger partial charge in [-0.2, -0.15) is 0 Å². The van der Waals surface area contributed by atoms with Crippen LogP contribution < -0.4 is 5.32 Å². The second-order valence-electron chi connectivity index (χ2n) is 8.77. The van der Waals surface area contributed by atoms with Gasteiger partial charge in [-0.15, -0.1) is 5.10 Å². The van der Waals surface area contributed by atoms with Crippen molar-refractivity contribution in [2.24, 2.45) is 4.99 Å². The molecule has 36 heavy (non-hydrogen) atoms. The van der Waals surface area contributed by atoms with E-state index in [1.807, 2.05) is 58.1 Å². The van der Waals surface area contributed by atoms with Crippen LogP contribution in [0, 0.1) is 0 Å². The summed E-state index contributed by atoms with van der Waals surface area (Å²) in [6.07, 6.45) is 19.0. The van der Waals surface area contributed by atoms with Gasteiger partial charge in [0.25, 0.3) is 0 Å². The topological polar surface area (TPSA) is 102 Å².